The molecule has 11 heteroatoms. The van der Waals surface area contributed by atoms with Crippen LogP contribution in [-0.4, -0.2) is 55.1 Å². The lowest BCUT2D eigenvalue weighted by atomic mass is 10.1. The molecule has 0 spiro atoms. The largest absolute Gasteiger partial charge is 0.463 e. The van der Waals surface area contributed by atoms with Gasteiger partial charge >= 0.3 is 11.8 Å². The normalized spacial score (nSPS) is 13.7. The van der Waals surface area contributed by atoms with E-state index in [-0.39, 0.29) is 28.1 Å². The maximum absolute atomic E-state index is 12.8. The molecule has 0 atom stereocenters. The van der Waals surface area contributed by atoms with Gasteiger partial charge in [0.2, 0.25) is 5.43 Å². The number of nitrogens with zero attached hydrogens (tertiary/aromatic N) is 2. The number of hydrogen-bond acceptors (Lipinski definition) is 7. The summed E-state index contributed by atoms with van der Waals surface area (Å²) in [7, 11) is 0. The van der Waals surface area contributed by atoms with Gasteiger partial charge in [-0.3, -0.25) is 19.2 Å². The van der Waals surface area contributed by atoms with Crippen molar-refractivity contribution in [3.05, 3.63) is 75.1 Å². The Morgan fingerprint density at radius 3 is 2.62 bits per heavy atom. The zero-order valence-corrected chi connectivity index (χ0v) is 18.5. The number of halogens is 1. The van der Waals surface area contributed by atoms with Crippen molar-refractivity contribution >= 4 is 52.2 Å². The number of carbonyl (C=O) groups excluding carboxylic acids is 3. The van der Waals surface area contributed by atoms with E-state index in [1.807, 2.05) is 5.43 Å². The van der Waals surface area contributed by atoms with Crippen molar-refractivity contribution in [2.24, 2.45) is 5.10 Å². The van der Waals surface area contributed by atoms with Gasteiger partial charge in [0.15, 0.2) is 0 Å². The predicted molar refractivity (Wildman–Crippen MR) is 125 cm³/mol. The second kappa shape index (κ2) is 10.3. The number of benzene rings is 2. The zero-order valence-electron chi connectivity index (χ0n) is 17.7. The predicted octanol–water partition coefficient (Wildman–Crippen LogP) is 2.01. The maximum Gasteiger partial charge on any atom is 0.329 e. The minimum absolute atomic E-state index is 0.0527. The highest BCUT2D eigenvalue weighted by Crippen LogP contribution is 2.18. The highest BCUT2D eigenvalue weighted by Gasteiger charge is 2.23. The molecule has 34 heavy (non-hydrogen) atoms. The number of nitrogens with one attached hydrogen (secondary N) is 2. The number of amides is 3. The monoisotopic (exact) mass is 482 g/mol. The molecule has 2 aromatic carbocycles. The Morgan fingerprint density at radius 1 is 1.06 bits per heavy atom. The minimum atomic E-state index is -1.09. The molecule has 2 heterocycles. The van der Waals surface area contributed by atoms with E-state index in [0.29, 0.717) is 36.9 Å². The molecule has 1 fully saturated rings. The van der Waals surface area contributed by atoms with Gasteiger partial charge in [-0.15, -0.1) is 0 Å². The molecule has 3 amide bonds. The van der Waals surface area contributed by atoms with Gasteiger partial charge in [0.05, 0.1) is 41.6 Å². The first-order valence-corrected chi connectivity index (χ1v) is 10.6. The summed E-state index contributed by atoms with van der Waals surface area (Å²) in [6.07, 6.45) is 2.25. The summed E-state index contributed by atoms with van der Waals surface area (Å²) < 4.78 is 10.6. The lowest BCUT2D eigenvalue weighted by molar-refractivity contribution is -0.136. The highest BCUT2D eigenvalue weighted by atomic mass is 35.5. The van der Waals surface area contributed by atoms with E-state index in [4.69, 9.17) is 20.8 Å². The second-order valence-corrected chi connectivity index (χ2v) is 7.70. The van der Waals surface area contributed by atoms with Crippen molar-refractivity contribution in [2.45, 2.75) is 0 Å². The molecule has 0 saturated carbocycles. The average Bonchev–Trinajstić information content (AvgIpc) is 2.86. The van der Waals surface area contributed by atoms with Crippen molar-refractivity contribution < 1.29 is 23.5 Å². The molecule has 0 bridgehead atoms. The fraction of sp³-hybridized carbons (Fsp3) is 0.174. The Labute approximate surface area is 198 Å². The van der Waals surface area contributed by atoms with Crippen LogP contribution in [0.3, 0.4) is 0 Å². The number of ether oxygens (including phenoxy) is 1. The first kappa shape index (κ1) is 23.1. The molecule has 10 nitrogen and oxygen atoms in total. The third-order valence-corrected chi connectivity index (χ3v) is 5.28. The standard InChI is InChI=1S/C23H19ClN4O6/c24-15-5-6-19-17(11-15)20(29)14(13-34-19)12-25-27-22(31)21(30)26-18-4-2-1-3-16(18)23(32)28-7-9-33-10-8-28/h1-6,11-13H,7-10H2,(H,26,30)(H,27,31)/b25-12+. The summed E-state index contributed by atoms with van der Waals surface area (Å²) in [6.45, 7) is 1.74. The van der Waals surface area contributed by atoms with Crippen LogP contribution in [0.4, 0.5) is 5.69 Å². The summed E-state index contributed by atoms with van der Waals surface area (Å²) in [5, 5.41) is 6.70. The number of rotatable bonds is 4. The average molecular weight is 483 g/mol. The van der Waals surface area contributed by atoms with Gasteiger partial charge in [0.1, 0.15) is 11.8 Å². The van der Waals surface area contributed by atoms with E-state index in [1.165, 1.54) is 18.4 Å². The molecule has 1 aliphatic heterocycles. The number of carbonyl (C=O) groups is 3. The Bertz CT molecular complexity index is 1350. The molecule has 1 saturated heterocycles. The first-order valence-electron chi connectivity index (χ1n) is 10.3. The molecule has 0 radical (unpaired) electrons. The van der Waals surface area contributed by atoms with E-state index >= 15 is 0 Å². The van der Waals surface area contributed by atoms with Gasteiger partial charge in [-0.2, -0.15) is 5.10 Å². The van der Waals surface area contributed by atoms with Crippen molar-refractivity contribution in [1.82, 2.24) is 10.3 Å². The van der Waals surface area contributed by atoms with Crippen molar-refractivity contribution in [3.8, 4) is 0 Å². The van der Waals surface area contributed by atoms with Crippen LogP contribution in [0, 0.1) is 0 Å². The fourth-order valence-corrected chi connectivity index (χ4v) is 3.49. The van der Waals surface area contributed by atoms with Crippen molar-refractivity contribution in [2.75, 3.05) is 31.6 Å². The number of hydrazone groups is 1. The molecule has 0 aliphatic carbocycles. The van der Waals surface area contributed by atoms with E-state index in [0.717, 1.165) is 6.21 Å². The topological polar surface area (TPSA) is 130 Å². The van der Waals surface area contributed by atoms with Gasteiger partial charge in [-0.25, -0.2) is 5.43 Å². The third-order valence-electron chi connectivity index (χ3n) is 5.04. The summed E-state index contributed by atoms with van der Waals surface area (Å²) in [4.78, 5) is 51.5. The summed E-state index contributed by atoms with van der Waals surface area (Å²) in [6, 6.07) is 11.0. The molecule has 4 rings (SSSR count). The van der Waals surface area contributed by atoms with Crippen LogP contribution in [0.15, 0.2) is 63.0 Å². The van der Waals surface area contributed by atoms with Crippen LogP contribution >= 0.6 is 11.6 Å². The number of morpholine rings is 1. The summed E-state index contributed by atoms with van der Waals surface area (Å²) >= 11 is 5.92. The molecular weight excluding hydrogens is 464 g/mol. The zero-order chi connectivity index (χ0) is 24.1. The SMILES string of the molecule is O=C(N/N=C/c1coc2ccc(Cl)cc2c1=O)C(=O)Nc1ccccc1C(=O)N1CCOCC1. The number of para-hydroxylation sites is 1. The molecule has 1 aliphatic rings. The van der Waals surface area contributed by atoms with E-state index in [9.17, 15) is 19.2 Å². The summed E-state index contributed by atoms with van der Waals surface area (Å²) in [5.41, 5.74) is 2.49. The lowest BCUT2D eigenvalue weighted by Crippen LogP contribution is -2.41. The number of hydrogen-bond donors (Lipinski definition) is 2. The number of fused-ring (bicyclic) bond motifs is 1. The maximum atomic E-state index is 12.8. The van der Waals surface area contributed by atoms with Gasteiger partial charge in [0, 0.05) is 18.1 Å². The Morgan fingerprint density at radius 2 is 1.82 bits per heavy atom. The second-order valence-electron chi connectivity index (χ2n) is 7.26. The molecule has 1 aromatic heterocycles. The quantitative estimate of drug-likeness (QED) is 0.332. The highest BCUT2D eigenvalue weighted by molar-refractivity contribution is 6.40. The van der Waals surface area contributed by atoms with Crippen molar-refractivity contribution in [3.63, 3.8) is 0 Å². The van der Waals surface area contributed by atoms with Crippen molar-refractivity contribution in [1.29, 1.82) is 0 Å². The van der Waals surface area contributed by atoms with Crippen LogP contribution in [0.2, 0.25) is 5.02 Å². The van der Waals surface area contributed by atoms with Gasteiger partial charge < -0.3 is 19.4 Å². The summed E-state index contributed by atoms with van der Waals surface area (Å²) in [5.74, 6) is -2.39. The third kappa shape index (κ3) is 5.13. The molecular formula is C23H19ClN4O6. The van der Waals surface area contributed by atoms with Crippen LogP contribution < -0.4 is 16.2 Å². The molecule has 174 valence electrons. The Balaban J connectivity index is 1.42. The van der Waals surface area contributed by atoms with E-state index < -0.39 is 17.2 Å². The molecule has 2 N–H and O–H groups in total. The first-order chi connectivity index (χ1) is 16.4. The molecule has 3 aromatic rings. The van der Waals surface area contributed by atoms with Gasteiger partial charge in [-0.1, -0.05) is 23.7 Å². The van der Waals surface area contributed by atoms with E-state index in [2.05, 4.69) is 10.4 Å². The minimum Gasteiger partial charge on any atom is -0.463 e. The van der Waals surface area contributed by atoms with E-state index in [1.54, 1.807) is 35.2 Å². The smallest absolute Gasteiger partial charge is 0.329 e. The fourth-order valence-electron chi connectivity index (χ4n) is 3.31. The molecule has 0 unspecified atom stereocenters. The van der Waals surface area contributed by atoms with Crippen LogP contribution in [0.5, 0.6) is 0 Å². The number of anilines is 1. The Kier molecular flexibility index (Phi) is 7.00. The lowest BCUT2D eigenvalue weighted by Gasteiger charge is -2.27. The van der Waals surface area contributed by atoms with Gasteiger partial charge in [-0.05, 0) is 30.3 Å². The van der Waals surface area contributed by atoms with Gasteiger partial charge in [0.25, 0.3) is 5.91 Å². The van der Waals surface area contributed by atoms with Crippen LogP contribution in [0.25, 0.3) is 11.0 Å². The van der Waals surface area contributed by atoms with Crippen LogP contribution in [-0.2, 0) is 14.3 Å². The van der Waals surface area contributed by atoms with Crippen LogP contribution in [0.1, 0.15) is 15.9 Å². The Hall–Kier alpha value is -4.02.